The molecule has 0 heterocycles. The lowest BCUT2D eigenvalue weighted by Gasteiger charge is -2.08. The van der Waals surface area contributed by atoms with Gasteiger partial charge in [-0.2, -0.15) is 0 Å². The van der Waals surface area contributed by atoms with E-state index in [2.05, 4.69) is 0 Å². The fraction of sp³-hybridized carbons (Fsp3) is 0.300. The van der Waals surface area contributed by atoms with E-state index in [1.165, 1.54) is 12.1 Å². The largest absolute Gasteiger partial charge is 0.393 e. The first-order valence-corrected chi connectivity index (χ1v) is 4.94. The van der Waals surface area contributed by atoms with Gasteiger partial charge in [0.1, 0.15) is 0 Å². The van der Waals surface area contributed by atoms with E-state index in [1.54, 1.807) is 12.1 Å². The number of nitrogens with zero attached hydrogens (tertiary/aromatic N) is 1. The maximum Gasteiger partial charge on any atom is 0.269 e. The van der Waals surface area contributed by atoms with Crippen molar-refractivity contribution in [3.63, 3.8) is 0 Å². The van der Waals surface area contributed by atoms with Crippen molar-refractivity contribution in [1.29, 1.82) is 0 Å². The molecule has 1 rings (SSSR count). The highest BCUT2D eigenvalue weighted by Crippen LogP contribution is 2.14. The third kappa shape index (κ3) is 3.28. The Morgan fingerprint density at radius 3 is 2.47 bits per heavy atom. The molecule has 1 aromatic carbocycles. The number of thiocarbonyl (C=S) groups is 1. The van der Waals surface area contributed by atoms with Gasteiger partial charge in [0, 0.05) is 18.1 Å². The van der Waals surface area contributed by atoms with Gasteiger partial charge in [0.2, 0.25) is 0 Å². The third-order valence-electron chi connectivity index (χ3n) is 2.17. The molecule has 0 aliphatic rings. The monoisotopic (exact) mass is 224 g/mol. The van der Waals surface area contributed by atoms with Crippen molar-refractivity contribution in [3.8, 4) is 0 Å². The predicted molar refractivity (Wildman–Crippen MR) is 62.7 cm³/mol. The van der Waals surface area contributed by atoms with E-state index in [9.17, 15) is 10.1 Å². The Kier molecular flexibility index (Phi) is 3.74. The highest BCUT2D eigenvalue weighted by atomic mass is 32.1. The summed E-state index contributed by atoms with van der Waals surface area (Å²) in [6.07, 6.45) is 0.716. The van der Waals surface area contributed by atoms with Crippen LogP contribution >= 0.6 is 12.2 Å². The molecule has 1 aromatic rings. The maximum absolute atomic E-state index is 10.4. The van der Waals surface area contributed by atoms with Gasteiger partial charge in [-0.3, -0.25) is 10.1 Å². The van der Waals surface area contributed by atoms with Gasteiger partial charge in [0.05, 0.1) is 9.91 Å². The van der Waals surface area contributed by atoms with Gasteiger partial charge in [0.15, 0.2) is 0 Å². The van der Waals surface area contributed by atoms with Gasteiger partial charge >= 0.3 is 0 Å². The van der Waals surface area contributed by atoms with Crippen molar-refractivity contribution in [2.24, 2.45) is 11.7 Å². The summed E-state index contributed by atoms with van der Waals surface area (Å²) in [4.78, 5) is 10.5. The fourth-order valence-electron chi connectivity index (χ4n) is 1.21. The van der Waals surface area contributed by atoms with Crippen molar-refractivity contribution >= 4 is 22.9 Å². The topological polar surface area (TPSA) is 69.2 Å². The van der Waals surface area contributed by atoms with Crippen molar-refractivity contribution in [2.45, 2.75) is 13.3 Å². The van der Waals surface area contributed by atoms with E-state index < -0.39 is 4.92 Å². The first-order chi connectivity index (χ1) is 7.00. The Bertz CT molecular complexity index is 376. The highest BCUT2D eigenvalue weighted by Gasteiger charge is 2.08. The van der Waals surface area contributed by atoms with Crippen LogP contribution in [0.25, 0.3) is 0 Å². The van der Waals surface area contributed by atoms with Gasteiger partial charge in [-0.05, 0) is 12.0 Å². The number of nitro groups is 1. The first-order valence-electron chi connectivity index (χ1n) is 4.53. The molecule has 0 saturated heterocycles. The summed E-state index contributed by atoms with van der Waals surface area (Å²) in [6, 6.07) is 6.43. The minimum absolute atomic E-state index is 0.0988. The Labute approximate surface area is 93.2 Å². The molecule has 4 nitrogen and oxygen atoms in total. The quantitative estimate of drug-likeness (QED) is 0.483. The van der Waals surface area contributed by atoms with E-state index in [-0.39, 0.29) is 11.6 Å². The van der Waals surface area contributed by atoms with E-state index in [1.807, 2.05) is 6.92 Å². The number of rotatable bonds is 4. The summed E-state index contributed by atoms with van der Waals surface area (Å²) < 4.78 is 0. The minimum Gasteiger partial charge on any atom is -0.393 e. The maximum atomic E-state index is 10.4. The van der Waals surface area contributed by atoms with Crippen molar-refractivity contribution in [2.75, 3.05) is 0 Å². The predicted octanol–water partition coefficient (Wildman–Crippen LogP) is 2.06. The summed E-state index contributed by atoms with van der Waals surface area (Å²) in [7, 11) is 0. The molecule has 0 spiro atoms. The molecule has 5 heteroatoms. The van der Waals surface area contributed by atoms with Gasteiger partial charge < -0.3 is 5.73 Å². The number of hydrogen-bond acceptors (Lipinski definition) is 3. The van der Waals surface area contributed by atoms with E-state index >= 15 is 0 Å². The smallest absolute Gasteiger partial charge is 0.269 e. The molecule has 0 radical (unpaired) electrons. The van der Waals surface area contributed by atoms with Gasteiger partial charge in [0.25, 0.3) is 5.69 Å². The molecule has 80 valence electrons. The molecule has 0 aromatic heterocycles. The molecule has 0 fully saturated rings. The van der Waals surface area contributed by atoms with Crippen LogP contribution in [0.1, 0.15) is 12.5 Å². The van der Waals surface area contributed by atoms with Crippen LogP contribution in [0.2, 0.25) is 0 Å². The van der Waals surface area contributed by atoms with Gasteiger partial charge in [-0.1, -0.05) is 31.3 Å². The zero-order chi connectivity index (χ0) is 11.4. The van der Waals surface area contributed by atoms with E-state index in [0.717, 1.165) is 5.56 Å². The Hall–Kier alpha value is -1.49. The second-order valence-electron chi connectivity index (χ2n) is 3.43. The SMILES string of the molecule is CC(Cc1ccc([N+](=O)[O-])cc1)C(N)=S. The molecule has 1 atom stereocenters. The van der Waals surface area contributed by atoms with Crippen LogP contribution in [0.15, 0.2) is 24.3 Å². The van der Waals surface area contributed by atoms with Crippen LogP contribution in [-0.2, 0) is 6.42 Å². The summed E-state index contributed by atoms with van der Waals surface area (Å²) >= 11 is 4.85. The molecule has 0 bridgehead atoms. The Balaban J connectivity index is 2.72. The molecule has 0 aliphatic carbocycles. The molecular weight excluding hydrogens is 212 g/mol. The van der Waals surface area contributed by atoms with Crippen molar-refractivity contribution in [3.05, 3.63) is 39.9 Å². The fourth-order valence-corrected chi connectivity index (χ4v) is 1.29. The minimum atomic E-state index is -0.416. The van der Waals surface area contributed by atoms with E-state index in [0.29, 0.717) is 11.4 Å². The normalized spacial score (nSPS) is 12.1. The highest BCUT2D eigenvalue weighted by molar-refractivity contribution is 7.80. The number of non-ortho nitro benzene ring substituents is 1. The number of hydrogen-bond donors (Lipinski definition) is 1. The van der Waals surface area contributed by atoms with Crippen LogP contribution in [0.3, 0.4) is 0 Å². The van der Waals surface area contributed by atoms with Gasteiger partial charge in [-0.25, -0.2) is 0 Å². The molecular formula is C10H12N2O2S. The lowest BCUT2D eigenvalue weighted by molar-refractivity contribution is -0.384. The lowest BCUT2D eigenvalue weighted by Crippen LogP contribution is -2.20. The van der Waals surface area contributed by atoms with Crippen LogP contribution in [0.5, 0.6) is 0 Å². The molecule has 0 amide bonds. The summed E-state index contributed by atoms with van der Waals surface area (Å²) in [6.45, 7) is 1.93. The summed E-state index contributed by atoms with van der Waals surface area (Å²) in [5.41, 5.74) is 6.58. The number of benzene rings is 1. The molecule has 15 heavy (non-hydrogen) atoms. The zero-order valence-electron chi connectivity index (χ0n) is 8.34. The van der Waals surface area contributed by atoms with Crippen LogP contribution in [0, 0.1) is 16.0 Å². The standard InChI is InChI=1S/C10H12N2O2S/c1-7(10(11)15)6-8-2-4-9(5-3-8)12(13)14/h2-5,7H,6H2,1H3,(H2,11,15). The molecule has 0 aliphatic heterocycles. The molecule has 1 unspecified atom stereocenters. The van der Waals surface area contributed by atoms with E-state index in [4.69, 9.17) is 18.0 Å². The molecule has 2 N–H and O–H groups in total. The third-order valence-corrected chi connectivity index (χ3v) is 2.58. The van der Waals surface area contributed by atoms with Crippen LogP contribution in [-0.4, -0.2) is 9.91 Å². The second-order valence-corrected chi connectivity index (χ2v) is 3.90. The van der Waals surface area contributed by atoms with Crippen LogP contribution in [0.4, 0.5) is 5.69 Å². The Morgan fingerprint density at radius 2 is 2.07 bits per heavy atom. The van der Waals surface area contributed by atoms with Crippen LogP contribution < -0.4 is 5.73 Å². The lowest BCUT2D eigenvalue weighted by atomic mass is 10.0. The number of nitrogens with two attached hydrogens (primary N) is 1. The molecule has 0 saturated carbocycles. The summed E-state index contributed by atoms with van der Waals surface area (Å²) in [5, 5.41) is 10.4. The zero-order valence-corrected chi connectivity index (χ0v) is 9.16. The average molecular weight is 224 g/mol. The van der Waals surface area contributed by atoms with Crippen molar-refractivity contribution < 1.29 is 4.92 Å². The Morgan fingerprint density at radius 1 is 1.53 bits per heavy atom. The average Bonchev–Trinajstić information content (AvgIpc) is 2.18. The summed E-state index contributed by atoms with van der Waals surface area (Å²) in [5.74, 6) is 0.112. The van der Waals surface area contributed by atoms with Crippen molar-refractivity contribution in [1.82, 2.24) is 0 Å². The number of nitro benzene ring substituents is 1. The van der Waals surface area contributed by atoms with Gasteiger partial charge in [-0.15, -0.1) is 0 Å². The first kappa shape index (κ1) is 11.6. The second kappa shape index (κ2) is 4.84.